The number of carbonyl (C=O) groups excluding carboxylic acids is 1. The predicted octanol–water partition coefficient (Wildman–Crippen LogP) is 3.73. The van der Waals surface area contributed by atoms with Crippen molar-refractivity contribution >= 4 is 16.9 Å². The van der Waals surface area contributed by atoms with E-state index in [1.807, 2.05) is 35.6 Å². The third-order valence-corrected chi connectivity index (χ3v) is 6.61. The number of aromatic nitrogens is 2. The van der Waals surface area contributed by atoms with Crippen molar-refractivity contribution in [2.75, 3.05) is 20.2 Å². The summed E-state index contributed by atoms with van der Waals surface area (Å²) in [5.41, 5.74) is 5.92. The molecule has 0 spiro atoms. The van der Waals surface area contributed by atoms with Crippen molar-refractivity contribution in [2.45, 2.75) is 38.9 Å². The van der Waals surface area contributed by atoms with Gasteiger partial charge in [-0.2, -0.15) is 0 Å². The van der Waals surface area contributed by atoms with Gasteiger partial charge >= 0.3 is 0 Å². The van der Waals surface area contributed by atoms with Crippen LogP contribution in [0, 0.1) is 13.8 Å². The normalized spacial score (nSPS) is 18.8. The lowest BCUT2D eigenvalue weighted by atomic mass is 9.91. The van der Waals surface area contributed by atoms with E-state index in [0.717, 1.165) is 46.6 Å². The number of hydrogen-bond donors (Lipinski definition) is 0. The van der Waals surface area contributed by atoms with Gasteiger partial charge in [0.15, 0.2) is 5.75 Å². The summed E-state index contributed by atoms with van der Waals surface area (Å²) in [6.45, 7) is 5.37. The number of methoxy groups -OCH3 is 1. The number of fused-ring (bicyclic) bond motifs is 3. The summed E-state index contributed by atoms with van der Waals surface area (Å²) in [6.07, 6.45) is 1.74. The van der Waals surface area contributed by atoms with Gasteiger partial charge in [-0.25, -0.2) is 4.98 Å². The summed E-state index contributed by atoms with van der Waals surface area (Å²) in [6, 6.07) is 10.3. The molecule has 1 atom stereocenters. The Morgan fingerprint density at radius 2 is 2.00 bits per heavy atom. The van der Waals surface area contributed by atoms with E-state index < -0.39 is 0 Å². The maximum atomic E-state index is 13.3. The van der Waals surface area contributed by atoms with Gasteiger partial charge in [-0.15, -0.1) is 0 Å². The highest BCUT2D eigenvalue weighted by molar-refractivity contribution is 6.02. The van der Waals surface area contributed by atoms with E-state index in [9.17, 15) is 4.79 Å². The number of amides is 1. The monoisotopic (exact) mass is 405 g/mol. The molecule has 0 bridgehead atoms. The number of nitrogens with zero attached hydrogens (tertiary/aromatic N) is 3. The fourth-order valence-electron chi connectivity index (χ4n) is 4.58. The molecule has 156 valence electrons. The standard InChI is InChI=1S/C24H27N3O3/c1-14-7-5-6-8-17(14)21-10-9-18-19(24(28)27-12-16(13-27)29-4)11-20-22(23(18)30-21)25-15(2)26(20)3/h5-8,11,16,21H,9-10,12-13H2,1-4H3/t21-/m0/s1. The molecule has 0 saturated carbocycles. The molecule has 1 fully saturated rings. The average molecular weight is 405 g/mol. The molecule has 30 heavy (non-hydrogen) atoms. The Morgan fingerprint density at radius 3 is 2.73 bits per heavy atom. The van der Waals surface area contributed by atoms with Crippen LogP contribution in [0.3, 0.4) is 0 Å². The van der Waals surface area contributed by atoms with E-state index in [0.29, 0.717) is 13.1 Å². The zero-order valence-electron chi connectivity index (χ0n) is 17.9. The molecule has 0 unspecified atom stereocenters. The Labute approximate surface area is 176 Å². The topological polar surface area (TPSA) is 56.6 Å². The number of hydrogen-bond acceptors (Lipinski definition) is 4. The van der Waals surface area contributed by atoms with Crippen molar-refractivity contribution in [1.29, 1.82) is 0 Å². The SMILES string of the molecule is COC1CN(C(=O)c2cc3c(nc(C)n3C)c3c2CC[C@@H](c2ccccc2C)O3)C1. The number of aryl methyl sites for hydroxylation is 3. The van der Waals surface area contributed by atoms with E-state index >= 15 is 0 Å². The number of likely N-dealkylation sites (tertiary alicyclic amines) is 1. The highest BCUT2D eigenvalue weighted by Gasteiger charge is 2.35. The summed E-state index contributed by atoms with van der Waals surface area (Å²) in [7, 11) is 3.68. The Morgan fingerprint density at radius 1 is 1.23 bits per heavy atom. The van der Waals surface area contributed by atoms with E-state index in [1.54, 1.807) is 7.11 Å². The molecule has 1 saturated heterocycles. The zero-order chi connectivity index (χ0) is 21.0. The molecule has 2 aliphatic heterocycles. The lowest BCUT2D eigenvalue weighted by molar-refractivity contribution is -0.0192. The highest BCUT2D eigenvalue weighted by atomic mass is 16.5. The van der Waals surface area contributed by atoms with Crippen LogP contribution in [-0.4, -0.2) is 46.7 Å². The second-order valence-corrected chi connectivity index (χ2v) is 8.39. The maximum Gasteiger partial charge on any atom is 0.254 e. The molecule has 0 aliphatic carbocycles. The van der Waals surface area contributed by atoms with Crippen LogP contribution in [0.4, 0.5) is 0 Å². The molecular weight excluding hydrogens is 378 g/mol. The van der Waals surface area contributed by atoms with Crippen molar-refractivity contribution in [3.63, 3.8) is 0 Å². The van der Waals surface area contributed by atoms with Crippen LogP contribution < -0.4 is 4.74 Å². The minimum Gasteiger partial charge on any atom is -0.483 e. The van der Waals surface area contributed by atoms with Gasteiger partial charge in [0.25, 0.3) is 5.91 Å². The lowest BCUT2D eigenvalue weighted by Crippen LogP contribution is -2.54. The second kappa shape index (κ2) is 7.13. The third kappa shape index (κ3) is 2.89. The smallest absolute Gasteiger partial charge is 0.254 e. The largest absolute Gasteiger partial charge is 0.483 e. The molecule has 6 nitrogen and oxygen atoms in total. The van der Waals surface area contributed by atoms with Gasteiger partial charge in [0.1, 0.15) is 17.4 Å². The van der Waals surface area contributed by atoms with Gasteiger partial charge in [0, 0.05) is 38.4 Å². The van der Waals surface area contributed by atoms with Crippen molar-refractivity contribution in [1.82, 2.24) is 14.5 Å². The van der Waals surface area contributed by atoms with Crippen LogP contribution in [0.2, 0.25) is 0 Å². The summed E-state index contributed by atoms with van der Waals surface area (Å²) >= 11 is 0. The van der Waals surface area contributed by atoms with Crippen LogP contribution in [0.1, 0.15) is 45.4 Å². The molecular formula is C24H27N3O3. The average Bonchev–Trinajstić information content (AvgIpc) is 3.01. The molecule has 2 aliphatic rings. The number of rotatable bonds is 3. The van der Waals surface area contributed by atoms with Crippen LogP contribution in [0.15, 0.2) is 30.3 Å². The Kier molecular flexibility index (Phi) is 4.54. The summed E-state index contributed by atoms with van der Waals surface area (Å²) in [5.74, 6) is 1.72. The molecule has 0 N–H and O–H groups in total. The maximum absolute atomic E-state index is 13.3. The molecule has 1 aromatic heterocycles. The molecule has 0 radical (unpaired) electrons. The first-order valence-electron chi connectivity index (χ1n) is 10.5. The molecule has 3 aromatic rings. The second-order valence-electron chi connectivity index (χ2n) is 8.39. The number of imidazole rings is 1. The van der Waals surface area contributed by atoms with Gasteiger partial charge in [-0.05, 0) is 43.9 Å². The molecule has 5 rings (SSSR count). The lowest BCUT2D eigenvalue weighted by Gasteiger charge is -2.39. The molecule has 2 aromatic carbocycles. The Hall–Kier alpha value is -2.86. The quantitative estimate of drug-likeness (QED) is 0.666. The van der Waals surface area contributed by atoms with E-state index in [-0.39, 0.29) is 18.1 Å². The molecule has 6 heteroatoms. The fraction of sp³-hybridized carbons (Fsp3) is 0.417. The highest BCUT2D eigenvalue weighted by Crippen LogP contribution is 2.42. The number of ether oxygens (including phenoxy) is 2. The molecule has 3 heterocycles. The summed E-state index contributed by atoms with van der Waals surface area (Å²) in [4.78, 5) is 19.9. The first-order chi connectivity index (χ1) is 14.5. The van der Waals surface area contributed by atoms with Crippen molar-refractivity contribution in [3.8, 4) is 5.75 Å². The van der Waals surface area contributed by atoms with E-state index in [2.05, 4.69) is 25.1 Å². The minimum atomic E-state index is -0.0311. The minimum absolute atomic E-state index is 0.0311. The van der Waals surface area contributed by atoms with E-state index in [1.165, 1.54) is 11.1 Å². The Bertz CT molecular complexity index is 1140. The van der Waals surface area contributed by atoms with Crippen molar-refractivity contribution < 1.29 is 14.3 Å². The fourth-order valence-corrected chi connectivity index (χ4v) is 4.58. The first kappa shape index (κ1) is 19.1. The zero-order valence-corrected chi connectivity index (χ0v) is 17.9. The third-order valence-electron chi connectivity index (χ3n) is 6.61. The number of benzene rings is 2. The van der Waals surface area contributed by atoms with Gasteiger partial charge in [-0.3, -0.25) is 4.79 Å². The summed E-state index contributed by atoms with van der Waals surface area (Å²) < 4.78 is 14.0. The van der Waals surface area contributed by atoms with Crippen LogP contribution in [-0.2, 0) is 18.2 Å². The van der Waals surface area contributed by atoms with E-state index in [4.69, 9.17) is 14.5 Å². The first-order valence-corrected chi connectivity index (χ1v) is 10.5. The Balaban J connectivity index is 1.60. The predicted molar refractivity (Wildman–Crippen MR) is 115 cm³/mol. The van der Waals surface area contributed by atoms with Crippen LogP contribution >= 0.6 is 0 Å². The van der Waals surface area contributed by atoms with Crippen molar-refractivity contribution in [3.05, 3.63) is 58.4 Å². The molecule has 1 amide bonds. The van der Waals surface area contributed by atoms with Crippen molar-refractivity contribution in [2.24, 2.45) is 7.05 Å². The van der Waals surface area contributed by atoms with Gasteiger partial charge in [0.2, 0.25) is 0 Å². The summed E-state index contributed by atoms with van der Waals surface area (Å²) in [5, 5.41) is 0. The van der Waals surface area contributed by atoms with Crippen LogP contribution in [0.5, 0.6) is 5.75 Å². The number of carbonyl (C=O) groups is 1. The van der Waals surface area contributed by atoms with Gasteiger partial charge in [0.05, 0.1) is 11.6 Å². The van der Waals surface area contributed by atoms with Gasteiger partial charge < -0.3 is 18.9 Å². The van der Waals surface area contributed by atoms with Gasteiger partial charge in [-0.1, -0.05) is 24.3 Å². The van der Waals surface area contributed by atoms with Crippen LogP contribution in [0.25, 0.3) is 11.0 Å².